The van der Waals surface area contributed by atoms with Gasteiger partial charge in [-0.25, -0.2) is 13.6 Å². The van der Waals surface area contributed by atoms with Gasteiger partial charge in [-0.3, -0.25) is 0 Å². The Morgan fingerprint density at radius 1 is 1.38 bits per heavy atom. The van der Waals surface area contributed by atoms with Gasteiger partial charge < -0.3 is 10.2 Å². The molecule has 0 aromatic heterocycles. The molecule has 3 nitrogen and oxygen atoms in total. The third-order valence-corrected chi connectivity index (χ3v) is 2.31. The topological polar surface area (TPSA) is 32.3 Å². The summed E-state index contributed by atoms with van der Waals surface area (Å²) in [6, 6.07) is 1.56. The van der Waals surface area contributed by atoms with Gasteiger partial charge in [0.25, 0.3) is 0 Å². The van der Waals surface area contributed by atoms with E-state index in [1.165, 1.54) is 11.8 Å². The molecule has 1 aromatic rings. The molecule has 1 aromatic carbocycles. The number of rotatable bonds is 2. The van der Waals surface area contributed by atoms with Crippen LogP contribution < -0.4 is 5.32 Å². The smallest absolute Gasteiger partial charge is 0.321 e. The number of aryl methyl sites for hydroxylation is 1. The fourth-order valence-electron chi connectivity index (χ4n) is 1.10. The van der Waals surface area contributed by atoms with E-state index in [0.29, 0.717) is 6.54 Å². The third-order valence-electron chi connectivity index (χ3n) is 2.31. The Morgan fingerprint density at radius 2 is 2.00 bits per heavy atom. The molecule has 0 heterocycles. The molecule has 1 rings (SSSR count). The Bertz CT molecular complexity index is 407. The molecule has 1 N–H and O–H groups in total. The minimum Gasteiger partial charge on any atom is -0.328 e. The highest BCUT2D eigenvalue weighted by atomic mass is 19.1. The minimum absolute atomic E-state index is 0.145. The van der Waals surface area contributed by atoms with Crippen molar-refractivity contribution in [2.24, 2.45) is 0 Å². The van der Waals surface area contributed by atoms with E-state index < -0.39 is 17.7 Å². The molecule has 0 saturated heterocycles. The Kier molecular flexibility index (Phi) is 3.82. The van der Waals surface area contributed by atoms with E-state index in [9.17, 15) is 13.6 Å². The molecule has 16 heavy (non-hydrogen) atoms. The lowest BCUT2D eigenvalue weighted by Gasteiger charge is -2.16. The number of nitrogens with one attached hydrogen (secondary N) is 1. The molecule has 0 bridgehead atoms. The molecule has 0 fully saturated rings. The standard InChI is InChI=1S/C11H14F2N2O/c1-4-15(3)11(16)14-10-6-8(12)7(2)5-9(10)13/h5-6H,4H2,1-3H3,(H,14,16). The summed E-state index contributed by atoms with van der Waals surface area (Å²) in [6.45, 7) is 3.73. The molecule has 0 aliphatic carbocycles. The van der Waals surface area contributed by atoms with E-state index in [1.807, 2.05) is 0 Å². The first-order valence-corrected chi connectivity index (χ1v) is 4.93. The van der Waals surface area contributed by atoms with Crippen molar-refractivity contribution in [2.45, 2.75) is 13.8 Å². The molecule has 88 valence electrons. The summed E-state index contributed by atoms with van der Waals surface area (Å²) in [5.74, 6) is -1.19. The van der Waals surface area contributed by atoms with Crippen LogP contribution in [0.1, 0.15) is 12.5 Å². The molecular weight excluding hydrogens is 214 g/mol. The lowest BCUT2D eigenvalue weighted by molar-refractivity contribution is 0.224. The lowest BCUT2D eigenvalue weighted by atomic mass is 10.2. The number of halogens is 2. The average Bonchev–Trinajstić information content (AvgIpc) is 2.24. The Labute approximate surface area is 93.1 Å². The van der Waals surface area contributed by atoms with E-state index in [4.69, 9.17) is 0 Å². The summed E-state index contributed by atoms with van der Waals surface area (Å²) in [6.07, 6.45) is 0. The molecule has 0 radical (unpaired) electrons. The SMILES string of the molecule is CCN(C)C(=O)Nc1cc(F)c(C)cc1F. The van der Waals surface area contributed by atoms with Gasteiger partial charge in [-0.05, 0) is 25.5 Å². The van der Waals surface area contributed by atoms with Crippen LogP contribution in [0.4, 0.5) is 19.3 Å². The quantitative estimate of drug-likeness (QED) is 0.829. The number of amides is 2. The largest absolute Gasteiger partial charge is 0.328 e. The Morgan fingerprint density at radius 3 is 2.56 bits per heavy atom. The van der Waals surface area contributed by atoms with Gasteiger partial charge in [0, 0.05) is 19.7 Å². The maximum Gasteiger partial charge on any atom is 0.321 e. The van der Waals surface area contributed by atoms with Crippen LogP contribution in [0.2, 0.25) is 0 Å². The summed E-state index contributed by atoms with van der Waals surface area (Å²) in [5.41, 5.74) is 0.0627. The number of nitrogens with zero attached hydrogens (tertiary/aromatic N) is 1. The van der Waals surface area contributed by atoms with Crippen molar-refractivity contribution in [3.8, 4) is 0 Å². The van der Waals surface area contributed by atoms with Gasteiger partial charge in [-0.1, -0.05) is 0 Å². The van der Waals surface area contributed by atoms with Crippen LogP contribution in [0.25, 0.3) is 0 Å². The highest BCUT2D eigenvalue weighted by Gasteiger charge is 2.12. The molecule has 5 heteroatoms. The molecule has 0 aliphatic heterocycles. The van der Waals surface area contributed by atoms with Crippen LogP contribution in [0, 0.1) is 18.6 Å². The summed E-state index contributed by atoms with van der Waals surface area (Å²) >= 11 is 0. The van der Waals surface area contributed by atoms with Crippen LogP contribution in [0.15, 0.2) is 12.1 Å². The average molecular weight is 228 g/mol. The van der Waals surface area contributed by atoms with E-state index in [-0.39, 0.29) is 11.3 Å². The summed E-state index contributed by atoms with van der Waals surface area (Å²) < 4.78 is 26.5. The molecule has 2 amide bonds. The van der Waals surface area contributed by atoms with Gasteiger partial charge >= 0.3 is 6.03 Å². The predicted molar refractivity (Wildman–Crippen MR) is 58.4 cm³/mol. The van der Waals surface area contributed by atoms with E-state index in [2.05, 4.69) is 5.32 Å². The number of hydrogen-bond acceptors (Lipinski definition) is 1. The number of carbonyl (C=O) groups excluding carboxylic acids is 1. The zero-order valence-corrected chi connectivity index (χ0v) is 9.47. The van der Waals surface area contributed by atoms with Crippen LogP contribution in [-0.2, 0) is 0 Å². The molecule has 0 saturated carbocycles. The van der Waals surface area contributed by atoms with Gasteiger partial charge in [0.05, 0.1) is 5.69 Å². The molecule has 0 aliphatic rings. The van der Waals surface area contributed by atoms with Gasteiger partial charge in [-0.15, -0.1) is 0 Å². The van der Waals surface area contributed by atoms with Crippen molar-refractivity contribution >= 4 is 11.7 Å². The summed E-state index contributed by atoms with van der Waals surface area (Å²) in [4.78, 5) is 12.8. The van der Waals surface area contributed by atoms with E-state index in [0.717, 1.165) is 12.1 Å². The summed E-state index contributed by atoms with van der Waals surface area (Å²) in [7, 11) is 1.57. The highest BCUT2D eigenvalue weighted by Crippen LogP contribution is 2.18. The van der Waals surface area contributed by atoms with Crippen LogP contribution in [0.5, 0.6) is 0 Å². The first-order chi connectivity index (χ1) is 7.45. The van der Waals surface area contributed by atoms with Crippen molar-refractivity contribution in [3.05, 3.63) is 29.3 Å². The number of carbonyl (C=O) groups is 1. The maximum absolute atomic E-state index is 13.4. The van der Waals surface area contributed by atoms with Crippen LogP contribution in [0.3, 0.4) is 0 Å². The molecule has 0 spiro atoms. The third kappa shape index (κ3) is 2.68. The van der Waals surface area contributed by atoms with Gasteiger partial charge in [-0.2, -0.15) is 0 Å². The number of anilines is 1. The van der Waals surface area contributed by atoms with Crippen LogP contribution >= 0.6 is 0 Å². The van der Waals surface area contributed by atoms with Crippen molar-refractivity contribution < 1.29 is 13.6 Å². The number of hydrogen-bond donors (Lipinski definition) is 1. The van der Waals surface area contributed by atoms with Crippen molar-refractivity contribution in [1.82, 2.24) is 4.90 Å². The minimum atomic E-state index is -0.642. The Balaban J connectivity index is 2.90. The normalized spacial score (nSPS) is 10.1. The Hall–Kier alpha value is -1.65. The van der Waals surface area contributed by atoms with E-state index in [1.54, 1.807) is 14.0 Å². The number of urea groups is 1. The second-order valence-electron chi connectivity index (χ2n) is 3.53. The predicted octanol–water partition coefficient (Wildman–Crippen LogP) is 2.76. The monoisotopic (exact) mass is 228 g/mol. The highest BCUT2D eigenvalue weighted by molar-refractivity contribution is 5.89. The second kappa shape index (κ2) is 4.92. The fourth-order valence-corrected chi connectivity index (χ4v) is 1.10. The molecule has 0 atom stereocenters. The van der Waals surface area contributed by atoms with Gasteiger partial charge in [0.2, 0.25) is 0 Å². The molecule has 0 unspecified atom stereocenters. The van der Waals surface area contributed by atoms with Gasteiger partial charge in [0.15, 0.2) is 0 Å². The first-order valence-electron chi connectivity index (χ1n) is 4.93. The van der Waals surface area contributed by atoms with Crippen molar-refractivity contribution in [1.29, 1.82) is 0 Å². The van der Waals surface area contributed by atoms with E-state index >= 15 is 0 Å². The lowest BCUT2D eigenvalue weighted by Crippen LogP contribution is -2.31. The first kappa shape index (κ1) is 12.4. The molecular formula is C11H14F2N2O. The van der Waals surface area contributed by atoms with Crippen molar-refractivity contribution in [2.75, 3.05) is 18.9 Å². The van der Waals surface area contributed by atoms with Crippen molar-refractivity contribution in [3.63, 3.8) is 0 Å². The van der Waals surface area contributed by atoms with Crippen LogP contribution in [-0.4, -0.2) is 24.5 Å². The van der Waals surface area contributed by atoms with Gasteiger partial charge in [0.1, 0.15) is 11.6 Å². The fraction of sp³-hybridized carbons (Fsp3) is 0.364. The summed E-state index contributed by atoms with van der Waals surface area (Å²) in [5, 5.41) is 2.30. The zero-order valence-electron chi connectivity index (χ0n) is 9.47. The maximum atomic E-state index is 13.4. The second-order valence-corrected chi connectivity index (χ2v) is 3.53. The number of benzene rings is 1. The zero-order chi connectivity index (χ0) is 12.3.